The molecule has 1 aromatic heterocycles. The first-order valence-corrected chi connectivity index (χ1v) is 7.50. The first kappa shape index (κ1) is 15.8. The molecule has 2 aromatic carbocycles. The smallest absolute Gasteiger partial charge is 0.340 e. The summed E-state index contributed by atoms with van der Waals surface area (Å²) in [6.07, 6.45) is 0. The van der Waals surface area contributed by atoms with Crippen LogP contribution in [-0.2, 0) is 0 Å². The first-order chi connectivity index (χ1) is 11.5. The molecule has 122 valence electrons. The average molecular weight is 322 g/mol. The number of hydrogen-bond acceptors (Lipinski definition) is 4. The summed E-state index contributed by atoms with van der Waals surface area (Å²) in [4.78, 5) is 18.4. The molecule has 0 aliphatic heterocycles. The largest absolute Gasteiger partial charge is 0.497 e. The summed E-state index contributed by atoms with van der Waals surface area (Å²) in [7, 11) is 5.24. The van der Waals surface area contributed by atoms with Crippen LogP contribution in [-0.4, -0.2) is 37.3 Å². The van der Waals surface area contributed by atoms with Crippen molar-refractivity contribution in [3.8, 4) is 17.0 Å². The van der Waals surface area contributed by atoms with Gasteiger partial charge >= 0.3 is 5.97 Å². The lowest BCUT2D eigenvalue weighted by Crippen LogP contribution is -2.16. The van der Waals surface area contributed by atoms with Gasteiger partial charge in [0.2, 0.25) is 0 Å². The van der Waals surface area contributed by atoms with Gasteiger partial charge in [0.25, 0.3) is 0 Å². The number of ether oxygens (including phenoxy) is 1. The number of carboxylic acid groups (broad SMARTS) is 1. The second kappa shape index (κ2) is 6.20. The predicted octanol–water partition coefficient (Wildman–Crippen LogP) is 3.67. The fraction of sp³-hybridized carbons (Fsp3) is 0.158. The molecule has 5 nitrogen and oxygen atoms in total. The molecule has 0 unspecified atom stereocenters. The van der Waals surface area contributed by atoms with Crippen LogP contribution in [0.1, 0.15) is 10.4 Å². The molecule has 0 radical (unpaired) electrons. The Bertz CT molecular complexity index is 905. The molecule has 0 saturated heterocycles. The molecule has 0 spiro atoms. The van der Waals surface area contributed by atoms with Gasteiger partial charge in [-0.15, -0.1) is 0 Å². The number of hydrogen-bond donors (Lipinski definition) is 1. The highest BCUT2D eigenvalue weighted by atomic mass is 16.5. The van der Waals surface area contributed by atoms with E-state index in [0.29, 0.717) is 17.1 Å². The van der Waals surface area contributed by atoms with Crippen molar-refractivity contribution in [2.45, 2.75) is 0 Å². The van der Waals surface area contributed by atoms with Crippen molar-refractivity contribution in [1.29, 1.82) is 0 Å². The number of aromatic carboxylic acids is 1. The Labute approximate surface area is 140 Å². The normalized spacial score (nSPS) is 10.6. The number of rotatable bonds is 4. The Balaban J connectivity index is 2.45. The molecule has 1 N–H and O–H groups in total. The zero-order valence-corrected chi connectivity index (χ0v) is 13.8. The maximum Gasteiger partial charge on any atom is 0.340 e. The number of aromatic nitrogens is 1. The molecular weight excluding hydrogens is 304 g/mol. The third-order valence-corrected chi connectivity index (χ3v) is 3.87. The Morgan fingerprint density at radius 1 is 1.12 bits per heavy atom. The van der Waals surface area contributed by atoms with Crippen LogP contribution < -0.4 is 9.64 Å². The number of anilines is 1. The van der Waals surface area contributed by atoms with E-state index in [4.69, 9.17) is 4.74 Å². The molecule has 1 heterocycles. The van der Waals surface area contributed by atoms with Crippen molar-refractivity contribution >= 4 is 22.6 Å². The fourth-order valence-electron chi connectivity index (χ4n) is 2.82. The zero-order chi connectivity index (χ0) is 17.3. The highest BCUT2D eigenvalue weighted by Crippen LogP contribution is 2.37. The second-order valence-electron chi connectivity index (χ2n) is 5.63. The number of carbonyl (C=O) groups is 1. The van der Waals surface area contributed by atoms with E-state index < -0.39 is 5.97 Å². The van der Waals surface area contributed by atoms with Crippen molar-refractivity contribution in [3.05, 3.63) is 54.1 Å². The van der Waals surface area contributed by atoms with E-state index in [2.05, 4.69) is 4.98 Å². The van der Waals surface area contributed by atoms with Crippen LogP contribution in [0.25, 0.3) is 22.2 Å². The quantitative estimate of drug-likeness (QED) is 0.794. The summed E-state index contributed by atoms with van der Waals surface area (Å²) in [6, 6.07) is 14.9. The van der Waals surface area contributed by atoms with Crippen molar-refractivity contribution in [1.82, 2.24) is 4.98 Å². The number of fused-ring (bicyclic) bond motifs is 1. The first-order valence-electron chi connectivity index (χ1n) is 7.50. The third kappa shape index (κ3) is 2.65. The summed E-state index contributed by atoms with van der Waals surface area (Å²) < 4.78 is 5.28. The van der Waals surface area contributed by atoms with Gasteiger partial charge in [-0.25, -0.2) is 9.78 Å². The summed E-state index contributed by atoms with van der Waals surface area (Å²) in [5.74, 6) is -0.342. The molecule has 0 amide bonds. The second-order valence-corrected chi connectivity index (χ2v) is 5.63. The van der Waals surface area contributed by atoms with Crippen LogP contribution in [0.2, 0.25) is 0 Å². The Kier molecular flexibility index (Phi) is 4.08. The van der Waals surface area contributed by atoms with E-state index in [1.165, 1.54) is 0 Å². The van der Waals surface area contributed by atoms with Gasteiger partial charge < -0.3 is 14.7 Å². The van der Waals surface area contributed by atoms with Crippen LogP contribution in [0.4, 0.5) is 5.69 Å². The van der Waals surface area contributed by atoms with E-state index >= 15 is 0 Å². The van der Waals surface area contributed by atoms with E-state index in [1.54, 1.807) is 12.0 Å². The van der Waals surface area contributed by atoms with Crippen molar-refractivity contribution < 1.29 is 14.6 Å². The monoisotopic (exact) mass is 322 g/mol. The summed E-state index contributed by atoms with van der Waals surface area (Å²) in [6.45, 7) is 0. The third-order valence-electron chi connectivity index (χ3n) is 3.87. The van der Waals surface area contributed by atoms with Crippen LogP contribution in [0.15, 0.2) is 48.5 Å². The predicted molar refractivity (Wildman–Crippen MR) is 95.0 cm³/mol. The Morgan fingerprint density at radius 3 is 2.42 bits per heavy atom. The minimum Gasteiger partial charge on any atom is -0.497 e. The van der Waals surface area contributed by atoms with Crippen LogP contribution in [0, 0.1) is 0 Å². The standard InChI is InChI=1S/C19H18N2O3/c1-21(2)18-14-11-13(24-3)9-10-15(14)20-17(16(18)19(22)23)12-7-5-4-6-8-12/h4-11H,1-3H3,(H,22,23). The average Bonchev–Trinajstić information content (AvgIpc) is 2.59. The number of carboxylic acids is 1. The molecule has 0 aliphatic rings. The maximum atomic E-state index is 12.0. The number of benzene rings is 2. The van der Waals surface area contributed by atoms with Gasteiger partial charge in [-0.1, -0.05) is 30.3 Å². The Morgan fingerprint density at radius 2 is 1.83 bits per heavy atom. The van der Waals surface area contributed by atoms with Crippen molar-refractivity contribution in [2.75, 3.05) is 26.1 Å². The summed E-state index contributed by atoms with van der Waals surface area (Å²) in [5, 5.41) is 10.6. The van der Waals surface area contributed by atoms with Gasteiger partial charge in [-0.3, -0.25) is 0 Å². The lowest BCUT2D eigenvalue weighted by Gasteiger charge is -2.21. The maximum absolute atomic E-state index is 12.0. The van der Waals surface area contributed by atoms with E-state index in [1.807, 2.05) is 62.6 Å². The van der Waals surface area contributed by atoms with Crippen molar-refractivity contribution in [2.24, 2.45) is 0 Å². The minimum absolute atomic E-state index is 0.187. The van der Waals surface area contributed by atoms with Gasteiger partial charge in [0.05, 0.1) is 24.0 Å². The van der Waals surface area contributed by atoms with E-state index in [0.717, 1.165) is 16.5 Å². The molecule has 0 fully saturated rings. The summed E-state index contributed by atoms with van der Waals surface area (Å²) in [5.41, 5.74) is 2.76. The molecular formula is C19H18N2O3. The molecule has 5 heteroatoms. The van der Waals surface area contributed by atoms with Gasteiger partial charge in [-0.2, -0.15) is 0 Å². The molecule has 0 atom stereocenters. The molecule has 3 rings (SSSR count). The van der Waals surface area contributed by atoms with Crippen molar-refractivity contribution in [3.63, 3.8) is 0 Å². The lowest BCUT2D eigenvalue weighted by molar-refractivity contribution is 0.0698. The van der Waals surface area contributed by atoms with Gasteiger partial charge in [0.15, 0.2) is 0 Å². The molecule has 3 aromatic rings. The minimum atomic E-state index is -1.00. The number of methoxy groups -OCH3 is 1. The van der Waals surface area contributed by atoms with Gasteiger partial charge in [0.1, 0.15) is 11.3 Å². The molecule has 0 aliphatic carbocycles. The highest BCUT2D eigenvalue weighted by molar-refractivity contribution is 6.09. The highest BCUT2D eigenvalue weighted by Gasteiger charge is 2.23. The van der Waals surface area contributed by atoms with E-state index in [9.17, 15) is 9.90 Å². The number of nitrogens with zero attached hydrogens (tertiary/aromatic N) is 2. The summed E-state index contributed by atoms with van der Waals surface area (Å²) >= 11 is 0. The zero-order valence-electron chi connectivity index (χ0n) is 13.8. The SMILES string of the molecule is COc1ccc2nc(-c3ccccc3)c(C(=O)O)c(N(C)C)c2c1. The van der Waals surface area contributed by atoms with Crippen LogP contribution >= 0.6 is 0 Å². The number of pyridine rings is 1. The molecule has 0 saturated carbocycles. The van der Waals surface area contributed by atoms with Crippen LogP contribution in [0.5, 0.6) is 5.75 Å². The lowest BCUT2D eigenvalue weighted by atomic mass is 10.00. The van der Waals surface area contributed by atoms with Crippen LogP contribution in [0.3, 0.4) is 0 Å². The fourth-order valence-corrected chi connectivity index (χ4v) is 2.82. The Hall–Kier alpha value is -3.08. The molecule has 0 bridgehead atoms. The van der Waals surface area contributed by atoms with E-state index in [-0.39, 0.29) is 5.56 Å². The topological polar surface area (TPSA) is 62.7 Å². The van der Waals surface area contributed by atoms with Gasteiger partial charge in [0, 0.05) is 25.0 Å². The van der Waals surface area contributed by atoms with Gasteiger partial charge in [-0.05, 0) is 18.2 Å². The molecule has 24 heavy (non-hydrogen) atoms.